The van der Waals surface area contributed by atoms with E-state index in [1.165, 1.54) is 25.7 Å². The van der Waals surface area contributed by atoms with Crippen molar-refractivity contribution in [3.63, 3.8) is 0 Å². The topological polar surface area (TPSA) is 68.1 Å². The van der Waals surface area contributed by atoms with E-state index < -0.39 is 5.97 Å². The Balaban J connectivity index is 1.27. The third-order valence-electron chi connectivity index (χ3n) is 6.13. The molecule has 194 valence electrons. The lowest BCUT2D eigenvalue weighted by Crippen LogP contribution is -2.08. The summed E-state index contributed by atoms with van der Waals surface area (Å²) >= 11 is 0. The zero-order chi connectivity index (χ0) is 26.6. The molecule has 0 aliphatic heterocycles. The van der Waals surface area contributed by atoms with Gasteiger partial charge in [0.25, 0.3) is 0 Å². The van der Waals surface area contributed by atoms with E-state index in [2.05, 4.69) is 11.9 Å². The highest BCUT2D eigenvalue weighted by Crippen LogP contribution is 2.24. The summed E-state index contributed by atoms with van der Waals surface area (Å²) in [4.78, 5) is 17.0. The number of phenolic OH excluding ortho intramolecular Hbond substituents is 1. The van der Waals surface area contributed by atoms with E-state index in [4.69, 9.17) is 9.47 Å². The second-order valence-electron chi connectivity index (χ2n) is 9.10. The predicted octanol–water partition coefficient (Wildman–Crippen LogP) is 8.38. The molecule has 0 atom stereocenters. The van der Waals surface area contributed by atoms with Gasteiger partial charge in [0.1, 0.15) is 17.2 Å². The molecule has 1 N–H and O–H groups in total. The van der Waals surface area contributed by atoms with Crippen LogP contribution in [0.25, 0.3) is 11.1 Å². The molecule has 0 heterocycles. The number of aliphatic imine (C=N–C) groups is 1. The van der Waals surface area contributed by atoms with Gasteiger partial charge in [-0.05, 0) is 95.9 Å². The van der Waals surface area contributed by atoms with Crippen LogP contribution < -0.4 is 9.47 Å². The SMILES string of the molecule is CCCCCCCOc1ccc(-c2ccc(C(=O)Oc3ccc(C=Nc4ccc(O)cc4)cc3)cc2)cc1. The Kier molecular flexibility index (Phi) is 9.69. The van der Waals surface area contributed by atoms with Gasteiger partial charge in [-0.15, -0.1) is 0 Å². The van der Waals surface area contributed by atoms with Crippen LogP contribution in [0.15, 0.2) is 102 Å². The maximum atomic E-state index is 12.6. The number of ether oxygens (including phenoxy) is 2. The number of unbranched alkanes of at least 4 members (excludes halogenated alkanes) is 4. The third kappa shape index (κ3) is 8.07. The van der Waals surface area contributed by atoms with Crippen LogP contribution >= 0.6 is 0 Å². The second-order valence-corrected chi connectivity index (χ2v) is 9.10. The molecule has 0 aromatic heterocycles. The quantitative estimate of drug-likeness (QED) is 0.0905. The van der Waals surface area contributed by atoms with Crippen LogP contribution in [0.3, 0.4) is 0 Å². The zero-order valence-corrected chi connectivity index (χ0v) is 21.7. The third-order valence-corrected chi connectivity index (χ3v) is 6.13. The molecular formula is C33H33NO4. The molecule has 0 saturated carbocycles. The normalized spacial score (nSPS) is 11.0. The Labute approximate surface area is 224 Å². The van der Waals surface area contributed by atoms with Gasteiger partial charge >= 0.3 is 5.97 Å². The Hall–Kier alpha value is -4.38. The number of nitrogens with zero attached hydrogens (tertiary/aromatic N) is 1. The number of esters is 1. The number of carbonyl (C=O) groups excluding carboxylic acids is 1. The van der Waals surface area contributed by atoms with Crippen molar-refractivity contribution in [3.8, 4) is 28.4 Å². The summed E-state index contributed by atoms with van der Waals surface area (Å²) in [5.74, 6) is 1.13. The molecule has 0 saturated heterocycles. The van der Waals surface area contributed by atoms with Crippen LogP contribution in [0.4, 0.5) is 5.69 Å². The first-order valence-electron chi connectivity index (χ1n) is 13.1. The summed E-state index contributed by atoms with van der Waals surface area (Å²) in [6.45, 7) is 2.97. The average Bonchev–Trinajstić information content (AvgIpc) is 2.96. The molecule has 0 fully saturated rings. The fraction of sp³-hybridized carbons (Fsp3) is 0.212. The minimum atomic E-state index is -0.412. The minimum Gasteiger partial charge on any atom is -0.508 e. The average molecular weight is 508 g/mol. The minimum absolute atomic E-state index is 0.201. The molecule has 0 aliphatic carbocycles. The summed E-state index contributed by atoms with van der Waals surface area (Å²) in [5, 5.41) is 9.35. The molecule has 0 bridgehead atoms. The molecule has 0 radical (unpaired) electrons. The molecular weight excluding hydrogens is 474 g/mol. The molecule has 0 unspecified atom stereocenters. The Morgan fingerprint density at radius 2 is 1.34 bits per heavy atom. The Morgan fingerprint density at radius 3 is 2.00 bits per heavy atom. The summed E-state index contributed by atoms with van der Waals surface area (Å²) in [5.41, 5.74) is 4.16. The van der Waals surface area contributed by atoms with Crippen LogP contribution in [0, 0.1) is 0 Å². The molecule has 0 aliphatic rings. The van der Waals surface area contributed by atoms with Crippen molar-refractivity contribution >= 4 is 17.9 Å². The van der Waals surface area contributed by atoms with Crippen molar-refractivity contribution in [1.29, 1.82) is 0 Å². The van der Waals surface area contributed by atoms with E-state index in [1.54, 1.807) is 54.7 Å². The van der Waals surface area contributed by atoms with Gasteiger partial charge in [-0.25, -0.2) is 4.79 Å². The van der Waals surface area contributed by atoms with Gasteiger partial charge in [0, 0.05) is 6.21 Å². The number of benzene rings is 4. The molecule has 4 aromatic carbocycles. The lowest BCUT2D eigenvalue weighted by molar-refractivity contribution is 0.0735. The fourth-order valence-corrected chi connectivity index (χ4v) is 3.91. The highest BCUT2D eigenvalue weighted by molar-refractivity contribution is 5.92. The van der Waals surface area contributed by atoms with Crippen molar-refractivity contribution in [1.82, 2.24) is 0 Å². The number of hydrogen-bond donors (Lipinski definition) is 1. The number of phenols is 1. The summed E-state index contributed by atoms with van der Waals surface area (Å²) in [6, 6.07) is 29.2. The van der Waals surface area contributed by atoms with E-state index in [1.807, 2.05) is 48.5 Å². The van der Waals surface area contributed by atoms with Crippen LogP contribution in [-0.2, 0) is 0 Å². The van der Waals surface area contributed by atoms with Crippen LogP contribution in [-0.4, -0.2) is 23.9 Å². The predicted molar refractivity (Wildman–Crippen MR) is 153 cm³/mol. The first kappa shape index (κ1) is 26.7. The van der Waals surface area contributed by atoms with Gasteiger partial charge in [0.05, 0.1) is 17.9 Å². The molecule has 5 heteroatoms. The maximum absolute atomic E-state index is 12.6. The summed E-state index contributed by atoms with van der Waals surface area (Å²) in [6.07, 6.45) is 7.81. The Morgan fingerprint density at radius 1 is 0.737 bits per heavy atom. The van der Waals surface area contributed by atoms with Crippen molar-refractivity contribution in [2.45, 2.75) is 39.0 Å². The number of hydrogen-bond acceptors (Lipinski definition) is 5. The lowest BCUT2D eigenvalue weighted by Gasteiger charge is -2.08. The highest BCUT2D eigenvalue weighted by Gasteiger charge is 2.09. The van der Waals surface area contributed by atoms with Crippen molar-refractivity contribution in [3.05, 3.63) is 108 Å². The van der Waals surface area contributed by atoms with Gasteiger partial charge in [0.15, 0.2) is 0 Å². The van der Waals surface area contributed by atoms with Crippen molar-refractivity contribution in [2.24, 2.45) is 4.99 Å². The fourth-order valence-electron chi connectivity index (χ4n) is 3.91. The first-order valence-corrected chi connectivity index (χ1v) is 13.1. The molecule has 38 heavy (non-hydrogen) atoms. The highest BCUT2D eigenvalue weighted by atomic mass is 16.5. The van der Waals surface area contributed by atoms with Gasteiger partial charge < -0.3 is 14.6 Å². The van der Waals surface area contributed by atoms with Crippen LogP contribution in [0.2, 0.25) is 0 Å². The van der Waals surface area contributed by atoms with Gasteiger partial charge in [-0.1, -0.05) is 56.9 Å². The van der Waals surface area contributed by atoms with E-state index >= 15 is 0 Å². The second kappa shape index (κ2) is 13.8. The first-order chi connectivity index (χ1) is 18.6. The summed E-state index contributed by atoms with van der Waals surface area (Å²) < 4.78 is 11.4. The van der Waals surface area contributed by atoms with Crippen LogP contribution in [0.1, 0.15) is 54.9 Å². The molecule has 4 aromatic rings. The van der Waals surface area contributed by atoms with E-state index in [-0.39, 0.29) is 5.75 Å². The van der Waals surface area contributed by atoms with Crippen molar-refractivity contribution < 1.29 is 19.4 Å². The lowest BCUT2D eigenvalue weighted by atomic mass is 10.0. The largest absolute Gasteiger partial charge is 0.508 e. The van der Waals surface area contributed by atoms with Gasteiger partial charge in [-0.3, -0.25) is 4.99 Å². The molecule has 5 nitrogen and oxygen atoms in total. The monoisotopic (exact) mass is 507 g/mol. The molecule has 4 rings (SSSR count). The zero-order valence-electron chi connectivity index (χ0n) is 21.7. The van der Waals surface area contributed by atoms with Crippen molar-refractivity contribution in [2.75, 3.05) is 6.61 Å². The van der Waals surface area contributed by atoms with Gasteiger partial charge in [-0.2, -0.15) is 0 Å². The van der Waals surface area contributed by atoms with E-state index in [0.717, 1.165) is 41.2 Å². The maximum Gasteiger partial charge on any atom is 0.343 e. The molecule has 0 spiro atoms. The van der Waals surface area contributed by atoms with E-state index in [0.29, 0.717) is 11.3 Å². The van der Waals surface area contributed by atoms with Crippen LogP contribution in [0.5, 0.6) is 17.2 Å². The van der Waals surface area contributed by atoms with E-state index in [9.17, 15) is 9.90 Å². The van der Waals surface area contributed by atoms with Gasteiger partial charge in [0.2, 0.25) is 0 Å². The summed E-state index contributed by atoms with van der Waals surface area (Å²) in [7, 11) is 0. The Bertz CT molecular complexity index is 1310. The number of aromatic hydroxyl groups is 1. The smallest absolute Gasteiger partial charge is 0.343 e. The standard InChI is InChI=1S/C33H33NO4/c1-2-3-4-5-6-23-37-31-21-13-27(14-22-31)26-9-11-28(12-10-26)33(36)38-32-19-7-25(8-20-32)24-34-29-15-17-30(35)18-16-29/h7-22,24,35H,2-6,23H2,1H3. The number of carbonyl (C=O) groups is 1. The number of rotatable bonds is 12. The molecule has 0 amide bonds.